The average molecular weight is 195 g/mol. The van der Waals surface area contributed by atoms with E-state index in [1.807, 2.05) is 26.8 Å². The predicted molar refractivity (Wildman–Crippen MR) is 56.2 cm³/mol. The van der Waals surface area contributed by atoms with Crippen LogP contribution in [0.15, 0.2) is 12.3 Å². The highest BCUT2D eigenvalue weighted by molar-refractivity contribution is 5.38. The largest absolute Gasteiger partial charge is 0.394 e. The average Bonchev–Trinajstić information content (AvgIpc) is 2.18. The van der Waals surface area contributed by atoms with Crippen LogP contribution in [0.2, 0.25) is 0 Å². The van der Waals surface area contributed by atoms with E-state index in [-0.39, 0.29) is 12.1 Å². The normalized spacial score (nSPS) is 14.9. The Balaban J connectivity index is 2.77. The molecule has 1 rings (SSSR count). The fraction of sp³-hybridized carbons (Fsp3) is 0.600. The van der Waals surface area contributed by atoms with E-state index in [4.69, 9.17) is 0 Å². The number of hydrogen-bond donors (Lipinski definition) is 2. The minimum atomic E-state index is -0.317. The molecule has 4 heteroatoms. The standard InChI is InChI=1S/C10H17N3O/c1-4-10(3,7-14)12-9-5-8(2)6-11-13-9/h5-6,14H,4,7H2,1-3H3,(H,12,13). The van der Waals surface area contributed by atoms with Crippen LogP contribution in [0, 0.1) is 6.92 Å². The SMILES string of the molecule is CCC(C)(CO)Nc1cc(C)cnn1. The molecule has 0 fully saturated rings. The third kappa shape index (κ3) is 2.67. The molecule has 1 aromatic rings. The Morgan fingerprint density at radius 1 is 1.57 bits per heavy atom. The fourth-order valence-electron chi connectivity index (χ4n) is 1.07. The van der Waals surface area contributed by atoms with Crippen LogP contribution in [-0.4, -0.2) is 27.4 Å². The van der Waals surface area contributed by atoms with Gasteiger partial charge in [-0.2, -0.15) is 5.10 Å². The van der Waals surface area contributed by atoms with Crippen molar-refractivity contribution >= 4 is 5.82 Å². The summed E-state index contributed by atoms with van der Waals surface area (Å²) in [7, 11) is 0. The van der Waals surface area contributed by atoms with Gasteiger partial charge in [0.2, 0.25) is 0 Å². The second-order valence-electron chi connectivity index (χ2n) is 3.82. The molecule has 0 aromatic carbocycles. The first-order chi connectivity index (χ1) is 6.59. The van der Waals surface area contributed by atoms with Crippen molar-refractivity contribution in [1.82, 2.24) is 10.2 Å². The number of anilines is 1. The van der Waals surface area contributed by atoms with Gasteiger partial charge >= 0.3 is 0 Å². The lowest BCUT2D eigenvalue weighted by Gasteiger charge is -2.27. The molecule has 0 saturated carbocycles. The number of nitrogens with one attached hydrogen (secondary N) is 1. The second kappa shape index (κ2) is 4.37. The van der Waals surface area contributed by atoms with E-state index in [2.05, 4.69) is 15.5 Å². The molecule has 0 aliphatic carbocycles. The van der Waals surface area contributed by atoms with Crippen LogP contribution in [0.25, 0.3) is 0 Å². The molecular formula is C10H17N3O. The van der Waals surface area contributed by atoms with E-state index in [1.165, 1.54) is 0 Å². The van der Waals surface area contributed by atoms with Crippen molar-refractivity contribution in [2.24, 2.45) is 0 Å². The maximum Gasteiger partial charge on any atom is 0.149 e. The van der Waals surface area contributed by atoms with Gasteiger partial charge in [-0.25, -0.2) is 0 Å². The second-order valence-corrected chi connectivity index (χ2v) is 3.82. The summed E-state index contributed by atoms with van der Waals surface area (Å²) in [6, 6.07) is 1.91. The smallest absolute Gasteiger partial charge is 0.149 e. The quantitative estimate of drug-likeness (QED) is 0.761. The van der Waals surface area contributed by atoms with E-state index >= 15 is 0 Å². The summed E-state index contributed by atoms with van der Waals surface area (Å²) < 4.78 is 0. The van der Waals surface area contributed by atoms with Crippen molar-refractivity contribution in [3.05, 3.63) is 17.8 Å². The summed E-state index contributed by atoms with van der Waals surface area (Å²) in [5.74, 6) is 0.711. The highest BCUT2D eigenvalue weighted by Crippen LogP contribution is 2.15. The zero-order valence-corrected chi connectivity index (χ0v) is 8.91. The van der Waals surface area contributed by atoms with Gasteiger partial charge in [0.05, 0.1) is 18.3 Å². The van der Waals surface area contributed by atoms with Gasteiger partial charge in [0.1, 0.15) is 5.82 Å². The number of aliphatic hydroxyl groups is 1. The van der Waals surface area contributed by atoms with E-state index in [0.29, 0.717) is 5.82 Å². The fourth-order valence-corrected chi connectivity index (χ4v) is 1.07. The first kappa shape index (κ1) is 10.9. The van der Waals surface area contributed by atoms with Gasteiger partial charge in [-0.1, -0.05) is 6.92 Å². The number of aryl methyl sites for hydroxylation is 1. The van der Waals surface area contributed by atoms with Crippen LogP contribution in [0.4, 0.5) is 5.82 Å². The van der Waals surface area contributed by atoms with Crippen LogP contribution < -0.4 is 5.32 Å². The highest BCUT2D eigenvalue weighted by Gasteiger charge is 2.20. The first-order valence-electron chi connectivity index (χ1n) is 4.78. The number of aromatic nitrogens is 2. The topological polar surface area (TPSA) is 58.0 Å². The van der Waals surface area contributed by atoms with Crippen molar-refractivity contribution in [1.29, 1.82) is 0 Å². The van der Waals surface area contributed by atoms with E-state index < -0.39 is 0 Å². The van der Waals surface area contributed by atoms with Crippen molar-refractivity contribution < 1.29 is 5.11 Å². The van der Waals surface area contributed by atoms with Crippen LogP contribution in [0.3, 0.4) is 0 Å². The van der Waals surface area contributed by atoms with Gasteiger partial charge in [0, 0.05) is 0 Å². The van der Waals surface area contributed by atoms with Gasteiger partial charge in [-0.15, -0.1) is 5.10 Å². The number of rotatable bonds is 4. The van der Waals surface area contributed by atoms with Gasteiger partial charge < -0.3 is 10.4 Å². The van der Waals surface area contributed by atoms with Crippen molar-refractivity contribution in [2.45, 2.75) is 32.7 Å². The predicted octanol–water partition coefficient (Wildman–Crippen LogP) is 1.36. The molecule has 1 aromatic heterocycles. The monoisotopic (exact) mass is 195 g/mol. The lowest BCUT2D eigenvalue weighted by molar-refractivity contribution is 0.218. The molecule has 0 spiro atoms. The molecule has 1 atom stereocenters. The van der Waals surface area contributed by atoms with Crippen molar-refractivity contribution in [3.63, 3.8) is 0 Å². The Bertz CT molecular complexity index is 297. The number of aliphatic hydroxyl groups excluding tert-OH is 1. The Morgan fingerprint density at radius 2 is 2.29 bits per heavy atom. The zero-order valence-electron chi connectivity index (χ0n) is 8.91. The van der Waals surface area contributed by atoms with Gasteiger partial charge in [-0.05, 0) is 31.9 Å². The lowest BCUT2D eigenvalue weighted by Crippen LogP contribution is -2.38. The minimum absolute atomic E-state index is 0.0825. The Labute approximate surface area is 84.4 Å². The van der Waals surface area contributed by atoms with Crippen LogP contribution in [0.1, 0.15) is 25.8 Å². The molecular weight excluding hydrogens is 178 g/mol. The van der Waals surface area contributed by atoms with Crippen LogP contribution in [-0.2, 0) is 0 Å². The van der Waals surface area contributed by atoms with Gasteiger partial charge in [-0.3, -0.25) is 0 Å². The molecule has 1 heterocycles. The maximum absolute atomic E-state index is 9.21. The Hall–Kier alpha value is -1.16. The molecule has 0 saturated heterocycles. The Kier molecular flexibility index (Phi) is 3.41. The number of nitrogens with zero attached hydrogens (tertiary/aromatic N) is 2. The molecule has 1 unspecified atom stereocenters. The third-order valence-corrected chi connectivity index (χ3v) is 2.35. The minimum Gasteiger partial charge on any atom is -0.394 e. The van der Waals surface area contributed by atoms with Gasteiger partial charge in [0.25, 0.3) is 0 Å². The third-order valence-electron chi connectivity index (χ3n) is 2.35. The highest BCUT2D eigenvalue weighted by atomic mass is 16.3. The van der Waals surface area contributed by atoms with E-state index in [9.17, 15) is 5.11 Å². The van der Waals surface area contributed by atoms with E-state index in [0.717, 1.165) is 12.0 Å². The molecule has 14 heavy (non-hydrogen) atoms. The molecule has 0 radical (unpaired) electrons. The maximum atomic E-state index is 9.21. The molecule has 78 valence electrons. The molecule has 4 nitrogen and oxygen atoms in total. The molecule has 0 aliphatic heterocycles. The summed E-state index contributed by atoms with van der Waals surface area (Å²) in [5.41, 5.74) is 0.738. The summed E-state index contributed by atoms with van der Waals surface area (Å²) in [4.78, 5) is 0. The lowest BCUT2D eigenvalue weighted by atomic mass is 10.0. The van der Waals surface area contributed by atoms with Crippen molar-refractivity contribution in [3.8, 4) is 0 Å². The van der Waals surface area contributed by atoms with Gasteiger partial charge in [0.15, 0.2) is 0 Å². The summed E-state index contributed by atoms with van der Waals surface area (Å²) in [5, 5.41) is 20.2. The summed E-state index contributed by atoms with van der Waals surface area (Å²) in [6.45, 7) is 6.02. The molecule has 0 amide bonds. The zero-order chi connectivity index (χ0) is 10.6. The number of hydrogen-bond acceptors (Lipinski definition) is 4. The molecule has 0 aliphatic rings. The van der Waals surface area contributed by atoms with Crippen LogP contribution in [0.5, 0.6) is 0 Å². The molecule has 0 bridgehead atoms. The van der Waals surface area contributed by atoms with E-state index in [1.54, 1.807) is 6.20 Å². The first-order valence-corrected chi connectivity index (χ1v) is 4.78. The Morgan fingerprint density at radius 3 is 2.79 bits per heavy atom. The van der Waals surface area contributed by atoms with Crippen LogP contribution >= 0.6 is 0 Å². The summed E-state index contributed by atoms with van der Waals surface area (Å²) in [6.07, 6.45) is 2.53. The summed E-state index contributed by atoms with van der Waals surface area (Å²) >= 11 is 0. The van der Waals surface area contributed by atoms with Crippen molar-refractivity contribution in [2.75, 3.05) is 11.9 Å². The molecule has 2 N–H and O–H groups in total.